The van der Waals surface area contributed by atoms with Gasteiger partial charge >= 0.3 is 29.1 Å². The number of phosphoric acid groups is 3. The zero-order chi connectivity index (χ0) is 47.0. The molecule has 356 valence electrons. The lowest BCUT2D eigenvalue weighted by Gasteiger charge is -2.21. The van der Waals surface area contributed by atoms with Crippen molar-refractivity contribution >= 4 is 69.3 Å². The van der Waals surface area contributed by atoms with Gasteiger partial charge in [0, 0.05) is 12.1 Å². The van der Waals surface area contributed by atoms with Gasteiger partial charge in [0.2, 0.25) is 17.7 Å². The number of H-pyrrole nitrogens is 2. The maximum absolute atomic E-state index is 13.1. The molecule has 30 nitrogen and oxygen atoms in total. The molecule has 4 aromatic heterocycles. The molecule has 6 heterocycles. The average Bonchev–Trinajstić information content (AvgIpc) is 3.96. The Morgan fingerprint density at radius 2 is 1.48 bits per heavy atom. The van der Waals surface area contributed by atoms with Gasteiger partial charge in [-0.3, -0.25) is 37.7 Å². The number of nitrogen functional groups attached to an aromatic ring is 2. The summed E-state index contributed by atoms with van der Waals surface area (Å²) in [5, 5.41) is 33.0. The van der Waals surface area contributed by atoms with Crippen molar-refractivity contribution in [2.45, 2.75) is 55.6 Å². The van der Waals surface area contributed by atoms with Crippen LogP contribution in [0.2, 0.25) is 5.02 Å². The number of benzene rings is 1. The number of aliphatic hydroxyl groups is 3. The third-order valence-electron chi connectivity index (χ3n) is 9.57. The minimum atomic E-state index is -6.06. The number of methoxy groups -OCH3 is 1. The zero-order valence-corrected chi connectivity index (χ0v) is 36.7. The lowest BCUT2D eigenvalue weighted by molar-refractivity contribution is -0.746. The van der Waals surface area contributed by atoms with Crippen molar-refractivity contribution in [1.29, 1.82) is 0 Å². The fourth-order valence-corrected chi connectivity index (χ4v) is 10.4. The van der Waals surface area contributed by atoms with Crippen LogP contribution in [0.25, 0.3) is 22.3 Å². The number of ether oxygens (including phenoxy) is 5. The molecule has 5 aromatic rings. The lowest BCUT2D eigenvalue weighted by atomic mass is 10.1. The molecule has 65 heavy (non-hydrogen) atoms. The molecule has 0 amide bonds. The number of nitrogens with zero attached hydrogens (tertiary/aromatic N) is 6. The summed E-state index contributed by atoms with van der Waals surface area (Å²) < 4.78 is 88.1. The number of hydrogen-bond donors (Lipinski definition) is 10. The van der Waals surface area contributed by atoms with Crippen LogP contribution in [-0.4, -0.2) is 141 Å². The molecule has 0 spiro atoms. The van der Waals surface area contributed by atoms with Crippen LogP contribution in [-0.2, 0) is 56.9 Å². The van der Waals surface area contributed by atoms with Crippen molar-refractivity contribution in [1.82, 2.24) is 34.1 Å². The SMILES string of the molecule is COCCO[C@@H]1[C@H](O)[C@@H](COP(=O)(O)OP(=O)(O)OP(=O)(O)OC[C@H]2O[C@@H](n3cnc4c(=O)[nH]c(N)nc43)[C@H](O)[C@@H]2O)O[C@H]1[n+]1cn(CCOc2ccc(Cl)cc2)c2c(=O)[nH]c(N)nc21. The Morgan fingerprint density at radius 1 is 0.846 bits per heavy atom. The predicted octanol–water partition coefficient (Wildman–Crippen LogP) is -1.68. The highest BCUT2D eigenvalue weighted by Crippen LogP contribution is 2.68. The number of hydrogen-bond acceptors (Lipinski definition) is 22. The number of aromatic nitrogens is 8. The summed E-state index contributed by atoms with van der Waals surface area (Å²) in [6.07, 6.45) is -10.3. The number of aliphatic hydroxyl groups excluding tert-OH is 3. The lowest BCUT2D eigenvalue weighted by Crippen LogP contribution is -2.47. The summed E-state index contributed by atoms with van der Waals surface area (Å²) in [4.78, 5) is 72.7. The molecule has 1 aromatic carbocycles. The molecule has 0 radical (unpaired) electrons. The summed E-state index contributed by atoms with van der Waals surface area (Å²) in [5.41, 5.74) is 9.67. The highest BCUT2D eigenvalue weighted by atomic mass is 35.5. The molecule has 34 heteroatoms. The number of anilines is 2. The third-order valence-corrected chi connectivity index (χ3v) is 14.1. The quantitative estimate of drug-likeness (QED) is 0.0236. The standard InChI is InChI=1S/C31H40ClN10O20P3/c1-54-8-9-56-23-21(44)17(60-29(23)42-13-40(19-25(42)37-31(34)39-27(19)47)6-7-55-15-4-2-14(32)3-5-15)11-58-64(50,51)62-65(52,53)61-63(48,49)57-10-16-20(43)22(45)28(59-16)41-12-35-18-24(41)36-30(33)38-26(18)46/h2-5,12-13,16-17,20-23,28-29,43-45H,6-11H2,1H3,(H8-,33,34,36,37,38,39,46,47,48,49,50,51,52,53)/p+1/t16-,17-,20-,21-,22-,23-,28-,29-/m1/s1. The molecular weight excluding hydrogens is 961 g/mol. The van der Waals surface area contributed by atoms with Gasteiger partial charge in [-0.25, -0.2) is 23.2 Å². The molecule has 12 N–H and O–H groups in total. The fourth-order valence-electron chi connectivity index (χ4n) is 6.73. The maximum atomic E-state index is 13.1. The van der Waals surface area contributed by atoms with Gasteiger partial charge in [-0.15, -0.1) is 0 Å². The molecule has 2 saturated heterocycles. The van der Waals surface area contributed by atoms with Crippen molar-refractivity contribution < 1.29 is 89.6 Å². The van der Waals surface area contributed by atoms with Crippen LogP contribution in [0.3, 0.4) is 0 Å². The fraction of sp³-hybridized carbons (Fsp3) is 0.484. The van der Waals surface area contributed by atoms with Gasteiger partial charge in [-0.05, 0) is 24.3 Å². The molecule has 7 rings (SSSR count). The minimum absolute atomic E-state index is 0.00348. The smallest absolute Gasteiger partial charge is 0.490 e. The van der Waals surface area contributed by atoms with E-state index in [1.165, 1.54) is 22.6 Å². The van der Waals surface area contributed by atoms with E-state index in [1.54, 1.807) is 24.3 Å². The second kappa shape index (κ2) is 19.5. The van der Waals surface area contributed by atoms with E-state index in [9.17, 15) is 53.3 Å². The monoisotopic (exact) mass is 1000 g/mol. The van der Waals surface area contributed by atoms with Crippen molar-refractivity contribution in [2.75, 3.05) is 51.6 Å². The topological polar surface area (TPSA) is 426 Å². The van der Waals surface area contributed by atoms with Crippen LogP contribution in [0.4, 0.5) is 11.9 Å². The van der Waals surface area contributed by atoms with Gasteiger partial charge in [-0.2, -0.15) is 13.6 Å². The molecule has 0 saturated carbocycles. The van der Waals surface area contributed by atoms with E-state index in [0.717, 1.165) is 10.9 Å². The number of fused-ring (bicyclic) bond motifs is 2. The largest absolute Gasteiger partial charge is 0.490 e. The van der Waals surface area contributed by atoms with E-state index in [-0.39, 0.29) is 60.6 Å². The number of nitrogens with one attached hydrogen (secondary N) is 2. The van der Waals surface area contributed by atoms with Crippen LogP contribution in [0, 0.1) is 0 Å². The highest BCUT2D eigenvalue weighted by molar-refractivity contribution is 7.66. The first-order chi connectivity index (χ1) is 30.7. The second-order valence-corrected chi connectivity index (χ2v) is 19.1. The first kappa shape index (κ1) is 48.7. The normalized spacial score (nSPS) is 26.3. The van der Waals surface area contributed by atoms with Gasteiger partial charge in [0.1, 0.15) is 55.5 Å². The van der Waals surface area contributed by atoms with E-state index in [2.05, 4.69) is 38.1 Å². The van der Waals surface area contributed by atoms with E-state index < -0.39 is 96.9 Å². The first-order valence-electron chi connectivity index (χ1n) is 18.7. The van der Waals surface area contributed by atoms with E-state index in [0.29, 0.717) is 10.8 Å². The van der Waals surface area contributed by atoms with E-state index in [1.807, 2.05) is 0 Å². The van der Waals surface area contributed by atoms with Gasteiger partial charge in [0.25, 0.3) is 17.1 Å². The Bertz CT molecular complexity index is 2780. The molecule has 0 bridgehead atoms. The summed E-state index contributed by atoms with van der Waals surface area (Å²) in [6, 6.07) is 6.53. The molecule has 2 fully saturated rings. The van der Waals surface area contributed by atoms with Crippen LogP contribution in [0.15, 0.2) is 46.5 Å². The number of aromatic amines is 2. The molecule has 3 unspecified atom stereocenters. The zero-order valence-electron chi connectivity index (χ0n) is 33.3. The summed E-state index contributed by atoms with van der Waals surface area (Å²) in [5.74, 6) is -0.112. The van der Waals surface area contributed by atoms with Crippen LogP contribution >= 0.6 is 35.1 Å². The van der Waals surface area contributed by atoms with Gasteiger partial charge in [0.15, 0.2) is 23.7 Å². The second-order valence-electron chi connectivity index (χ2n) is 14.0. The summed E-state index contributed by atoms with van der Waals surface area (Å²) >= 11 is 5.95. The van der Waals surface area contributed by atoms with Crippen LogP contribution in [0.1, 0.15) is 12.5 Å². The van der Waals surface area contributed by atoms with E-state index >= 15 is 0 Å². The number of imidazole rings is 2. The Morgan fingerprint density at radius 3 is 2.14 bits per heavy atom. The first-order valence-corrected chi connectivity index (χ1v) is 23.6. The molecule has 11 atom stereocenters. The van der Waals surface area contributed by atoms with Crippen molar-refractivity contribution in [3.8, 4) is 5.75 Å². The Labute approximate surface area is 367 Å². The van der Waals surface area contributed by atoms with Crippen molar-refractivity contribution in [3.63, 3.8) is 0 Å². The molecule has 2 aliphatic heterocycles. The third kappa shape index (κ3) is 11.1. The molecule has 0 aliphatic carbocycles. The Hall–Kier alpha value is -4.26. The van der Waals surface area contributed by atoms with E-state index in [4.69, 9.17) is 51.3 Å². The number of rotatable bonds is 20. The van der Waals surface area contributed by atoms with Crippen molar-refractivity contribution in [3.05, 3.63) is 62.7 Å². The number of halogens is 1. The Balaban J connectivity index is 0.992. The van der Waals surface area contributed by atoms with Gasteiger partial charge in [0.05, 0.1) is 32.8 Å². The predicted molar refractivity (Wildman–Crippen MR) is 215 cm³/mol. The molecule has 2 aliphatic rings. The van der Waals surface area contributed by atoms with Crippen molar-refractivity contribution in [2.24, 2.45) is 0 Å². The number of nitrogens with two attached hydrogens (primary N) is 2. The minimum Gasteiger partial charge on any atom is -0.490 e. The average molecular weight is 1000 g/mol. The van der Waals surface area contributed by atoms with Gasteiger partial charge < -0.3 is 65.2 Å². The summed E-state index contributed by atoms with van der Waals surface area (Å²) in [6.45, 7) is -2.12. The summed E-state index contributed by atoms with van der Waals surface area (Å²) in [7, 11) is -16.2. The van der Waals surface area contributed by atoms with Crippen LogP contribution < -0.4 is 31.9 Å². The van der Waals surface area contributed by atoms with Gasteiger partial charge in [-0.1, -0.05) is 16.6 Å². The van der Waals surface area contributed by atoms with Crippen LogP contribution in [0.5, 0.6) is 5.75 Å². The molecular formula is C31H41ClN10O20P3+. The highest BCUT2D eigenvalue weighted by Gasteiger charge is 2.51. The number of phosphoric ester groups is 2. The maximum Gasteiger partial charge on any atom is 0.490 e. The Kier molecular flexibility index (Phi) is 14.6.